The van der Waals surface area contributed by atoms with E-state index >= 15 is 0 Å². The first-order valence-corrected chi connectivity index (χ1v) is 6.83. The Kier molecular flexibility index (Phi) is 4.24. The molecule has 2 heterocycles. The van der Waals surface area contributed by atoms with Gasteiger partial charge < -0.3 is 10.1 Å². The van der Waals surface area contributed by atoms with Crippen molar-refractivity contribution in [2.45, 2.75) is 0 Å². The Balaban J connectivity index is 2.01. The SMILES string of the molecule is COCCNC(=O)c1csc(-c2cccs2)n1. The normalized spacial score (nSPS) is 10.4. The third kappa shape index (κ3) is 3.12. The molecule has 90 valence electrons. The molecular weight excluding hydrogens is 256 g/mol. The standard InChI is InChI=1S/C11H12N2O2S2/c1-15-5-4-12-10(14)8-7-17-11(13-8)9-3-2-6-16-9/h2-3,6-7H,4-5H2,1H3,(H,12,14). The van der Waals surface area contributed by atoms with Crippen molar-refractivity contribution in [2.75, 3.05) is 20.3 Å². The molecule has 0 saturated heterocycles. The summed E-state index contributed by atoms with van der Waals surface area (Å²) in [6, 6.07) is 3.97. The molecular formula is C11H12N2O2S2. The van der Waals surface area contributed by atoms with Crippen LogP contribution in [0.5, 0.6) is 0 Å². The molecule has 2 aromatic heterocycles. The van der Waals surface area contributed by atoms with Gasteiger partial charge in [0.1, 0.15) is 10.7 Å². The molecule has 1 amide bonds. The van der Waals surface area contributed by atoms with E-state index in [0.29, 0.717) is 18.8 Å². The molecule has 0 aliphatic heterocycles. The Morgan fingerprint density at radius 3 is 3.12 bits per heavy atom. The molecule has 4 nitrogen and oxygen atoms in total. The van der Waals surface area contributed by atoms with E-state index in [9.17, 15) is 4.79 Å². The number of thiazole rings is 1. The minimum Gasteiger partial charge on any atom is -0.383 e. The van der Waals surface area contributed by atoms with Gasteiger partial charge in [-0.25, -0.2) is 4.98 Å². The number of ether oxygens (including phenoxy) is 1. The number of hydrogen-bond acceptors (Lipinski definition) is 5. The van der Waals surface area contributed by atoms with E-state index in [2.05, 4.69) is 10.3 Å². The lowest BCUT2D eigenvalue weighted by Crippen LogP contribution is -2.27. The molecule has 0 aliphatic carbocycles. The second-order valence-corrected chi connectivity index (χ2v) is 5.07. The van der Waals surface area contributed by atoms with Crippen molar-refractivity contribution in [3.05, 3.63) is 28.6 Å². The van der Waals surface area contributed by atoms with Crippen molar-refractivity contribution in [1.82, 2.24) is 10.3 Å². The quantitative estimate of drug-likeness (QED) is 0.846. The van der Waals surface area contributed by atoms with Gasteiger partial charge in [-0.15, -0.1) is 22.7 Å². The molecule has 1 N–H and O–H groups in total. The van der Waals surface area contributed by atoms with Crippen LogP contribution in [0, 0.1) is 0 Å². The smallest absolute Gasteiger partial charge is 0.270 e. The highest BCUT2D eigenvalue weighted by Crippen LogP contribution is 2.27. The molecule has 17 heavy (non-hydrogen) atoms. The molecule has 0 fully saturated rings. The van der Waals surface area contributed by atoms with E-state index in [1.807, 2.05) is 17.5 Å². The van der Waals surface area contributed by atoms with Crippen molar-refractivity contribution in [1.29, 1.82) is 0 Å². The van der Waals surface area contributed by atoms with Crippen molar-refractivity contribution in [2.24, 2.45) is 0 Å². The van der Waals surface area contributed by atoms with Gasteiger partial charge in [-0.3, -0.25) is 4.79 Å². The molecule has 2 rings (SSSR count). The first kappa shape index (κ1) is 12.2. The fourth-order valence-corrected chi connectivity index (χ4v) is 2.86. The van der Waals surface area contributed by atoms with Crippen LogP contribution >= 0.6 is 22.7 Å². The topological polar surface area (TPSA) is 51.2 Å². The number of aromatic nitrogens is 1. The van der Waals surface area contributed by atoms with Gasteiger partial charge >= 0.3 is 0 Å². The Morgan fingerprint density at radius 1 is 1.53 bits per heavy atom. The van der Waals surface area contributed by atoms with Crippen LogP contribution in [-0.4, -0.2) is 31.2 Å². The maximum absolute atomic E-state index is 11.7. The molecule has 6 heteroatoms. The van der Waals surface area contributed by atoms with Gasteiger partial charge in [0.2, 0.25) is 0 Å². The first-order valence-electron chi connectivity index (χ1n) is 5.08. The third-order valence-corrected chi connectivity index (χ3v) is 3.94. The number of thiophene rings is 1. The Morgan fingerprint density at radius 2 is 2.41 bits per heavy atom. The van der Waals surface area contributed by atoms with Crippen molar-refractivity contribution in [3.8, 4) is 9.88 Å². The molecule has 0 aromatic carbocycles. The monoisotopic (exact) mass is 268 g/mol. The van der Waals surface area contributed by atoms with E-state index in [1.54, 1.807) is 23.8 Å². The van der Waals surface area contributed by atoms with Crippen molar-refractivity contribution in [3.63, 3.8) is 0 Å². The molecule has 0 unspecified atom stereocenters. The van der Waals surface area contributed by atoms with Gasteiger partial charge in [0.05, 0.1) is 11.5 Å². The van der Waals surface area contributed by atoms with E-state index in [0.717, 1.165) is 9.88 Å². The summed E-state index contributed by atoms with van der Waals surface area (Å²) in [7, 11) is 1.60. The maximum Gasteiger partial charge on any atom is 0.270 e. The molecule has 0 aliphatic rings. The largest absolute Gasteiger partial charge is 0.383 e. The molecule has 0 radical (unpaired) electrons. The van der Waals surface area contributed by atoms with Crippen LogP contribution in [0.1, 0.15) is 10.5 Å². The van der Waals surface area contributed by atoms with Crippen LogP contribution in [0.15, 0.2) is 22.9 Å². The Bertz CT molecular complexity index is 479. The highest BCUT2D eigenvalue weighted by molar-refractivity contribution is 7.20. The van der Waals surface area contributed by atoms with Crippen LogP contribution < -0.4 is 5.32 Å². The number of nitrogens with one attached hydrogen (secondary N) is 1. The maximum atomic E-state index is 11.7. The van der Waals surface area contributed by atoms with Crippen LogP contribution in [0.2, 0.25) is 0 Å². The second kappa shape index (κ2) is 5.90. The summed E-state index contributed by atoms with van der Waals surface area (Å²) < 4.78 is 4.86. The minimum absolute atomic E-state index is 0.152. The number of rotatable bonds is 5. The molecule has 0 saturated carbocycles. The van der Waals surface area contributed by atoms with E-state index < -0.39 is 0 Å². The van der Waals surface area contributed by atoms with Crippen LogP contribution in [-0.2, 0) is 4.74 Å². The second-order valence-electron chi connectivity index (χ2n) is 3.26. The van der Waals surface area contributed by atoms with Gasteiger partial charge in [-0.2, -0.15) is 0 Å². The predicted octanol–water partition coefficient (Wildman–Crippen LogP) is 2.25. The average Bonchev–Trinajstić information content (AvgIpc) is 3.00. The number of methoxy groups -OCH3 is 1. The minimum atomic E-state index is -0.152. The highest BCUT2D eigenvalue weighted by Gasteiger charge is 2.11. The number of carbonyl (C=O) groups excluding carboxylic acids is 1. The lowest BCUT2D eigenvalue weighted by atomic mass is 10.4. The Hall–Kier alpha value is -1.24. The van der Waals surface area contributed by atoms with Crippen LogP contribution in [0.3, 0.4) is 0 Å². The van der Waals surface area contributed by atoms with Gasteiger partial charge in [-0.05, 0) is 11.4 Å². The lowest BCUT2D eigenvalue weighted by molar-refractivity contribution is 0.0933. The third-order valence-electron chi connectivity index (χ3n) is 2.06. The van der Waals surface area contributed by atoms with Crippen LogP contribution in [0.25, 0.3) is 9.88 Å². The zero-order valence-electron chi connectivity index (χ0n) is 9.30. The van der Waals surface area contributed by atoms with Crippen molar-refractivity contribution >= 4 is 28.6 Å². The summed E-state index contributed by atoms with van der Waals surface area (Å²) in [5.74, 6) is -0.152. The number of carbonyl (C=O) groups is 1. The van der Waals surface area contributed by atoms with E-state index in [4.69, 9.17) is 4.74 Å². The van der Waals surface area contributed by atoms with E-state index in [1.165, 1.54) is 11.3 Å². The summed E-state index contributed by atoms with van der Waals surface area (Å²) in [6.07, 6.45) is 0. The first-order chi connectivity index (χ1) is 8.31. The molecule has 0 spiro atoms. The molecule has 2 aromatic rings. The Labute approximate surface area is 107 Å². The number of amides is 1. The van der Waals surface area contributed by atoms with Gasteiger partial charge in [0.25, 0.3) is 5.91 Å². The molecule has 0 bridgehead atoms. The summed E-state index contributed by atoms with van der Waals surface area (Å²) in [4.78, 5) is 17.1. The summed E-state index contributed by atoms with van der Waals surface area (Å²) in [5.41, 5.74) is 0.467. The van der Waals surface area contributed by atoms with Crippen LogP contribution in [0.4, 0.5) is 0 Å². The fourth-order valence-electron chi connectivity index (χ4n) is 1.25. The molecule has 0 atom stereocenters. The average molecular weight is 268 g/mol. The zero-order valence-corrected chi connectivity index (χ0v) is 10.9. The zero-order chi connectivity index (χ0) is 12.1. The van der Waals surface area contributed by atoms with Gasteiger partial charge in [0.15, 0.2) is 0 Å². The predicted molar refractivity (Wildman–Crippen MR) is 69.6 cm³/mol. The summed E-state index contributed by atoms with van der Waals surface area (Å²) >= 11 is 3.10. The van der Waals surface area contributed by atoms with Gasteiger partial charge in [-0.1, -0.05) is 6.07 Å². The number of nitrogens with zero attached hydrogens (tertiary/aromatic N) is 1. The fraction of sp³-hybridized carbons (Fsp3) is 0.273. The number of hydrogen-bond donors (Lipinski definition) is 1. The highest BCUT2D eigenvalue weighted by atomic mass is 32.1. The van der Waals surface area contributed by atoms with E-state index in [-0.39, 0.29) is 5.91 Å². The lowest BCUT2D eigenvalue weighted by Gasteiger charge is -2.00. The summed E-state index contributed by atoms with van der Waals surface area (Å²) in [6.45, 7) is 1.01. The van der Waals surface area contributed by atoms with Crippen molar-refractivity contribution < 1.29 is 9.53 Å². The summed E-state index contributed by atoms with van der Waals surface area (Å²) in [5, 5.41) is 7.40. The van der Waals surface area contributed by atoms with Gasteiger partial charge in [0, 0.05) is 19.0 Å².